The molecule has 4 nitrogen and oxygen atoms in total. The van der Waals surface area contributed by atoms with Gasteiger partial charge in [0.05, 0.1) is 9.75 Å². The summed E-state index contributed by atoms with van der Waals surface area (Å²) >= 11 is 3.14. The lowest BCUT2D eigenvalue weighted by Crippen LogP contribution is -2.57. The molecule has 21 heavy (non-hydrogen) atoms. The van der Waals surface area contributed by atoms with Crippen LogP contribution in [-0.2, 0) is 0 Å². The summed E-state index contributed by atoms with van der Waals surface area (Å²) in [5.74, 6) is 0.735. The van der Waals surface area contributed by atoms with E-state index in [1.54, 1.807) is 17.5 Å². The number of carbonyl (C=O) groups is 1. The third-order valence-corrected chi connectivity index (χ3v) is 6.47. The summed E-state index contributed by atoms with van der Waals surface area (Å²) in [6.07, 6.45) is 4.24. The minimum absolute atomic E-state index is 0.0709. The maximum Gasteiger partial charge on any atom is 0.261 e. The number of nitrogens with zero attached hydrogens (tertiary/aromatic N) is 2. The molecular formula is C15H17N3OS2. The summed E-state index contributed by atoms with van der Waals surface area (Å²) in [5, 5.41) is 6.19. The lowest BCUT2D eigenvalue weighted by Gasteiger charge is -2.44. The van der Waals surface area contributed by atoms with Gasteiger partial charge in [0, 0.05) is 24.2 Å². The average Bonchev–Trinajstić information content (AvgIpc) is 3.20. The Morgan fingerprint density at radius 1 is 1.33 bits per heavy atom. The summed E-state index contributed by atoms with van der Waals surface area (Å²) in [5.41, 5.74) is 0. The second kappa shape index (κ2) is 5.51. The maximum atomic E-state index is 12.4. The Kier molecular flexibility index (Phi) is 3.52. The number of nitrogens with one attached hydrogen (secondary N) is 1. The second-order valence-corrected chi connectivity index (χ2v) is 7.70. The summed E-state index contributed by atoms with van der Waals surface area (Å²) < 4.78 is 0. The minimum Gasteiger partial charge on any atom is -0.347 e. The smallest absolute Gasteiger partial charge is 0.261 e. The van der Waals surface area contributed by atoms with E-state index in [-0.39, 0.29) is 5.91 Å². The first-order chi connectivity index (χ1) is 10.3. The summed E-state index contributed by atoms with van der Waals surface area (Å²) in [4.78, 5) is 21.1. The molecular weight excluding hydrogens is 302 g/mol. The Morgan fingerprint density at radius 3 is 2.86 bits per heavy atom. The average molecular weight is 319 g/mol. The number of piperidine rings is 3. The second-order valence-electron chi connectivity index (χ2n) is 5.72. The third-order valence-electron chi connectivity index (χ3n) is 4.45. The highest BCUT2D eigenvalue weighted by molar-refractivity contribution is 7.22. The molecule has 1 N–H and O–H groups in total. The van der Waals surface area contributed by atoms with Crippen molar-refractivity contribution in [2.24, 2.45) is 5.92 Å². The molecule has 2 bridgehead atoms. The van der Waals surface area contributed by atoms with Crippen molar-refractivity contribution in [3.05, 3.63) is 28.6 Å². The highest BCUT2D eigenvalue weighted by Crippen LogP contribution is 2.31. The molecule has 1 amide bonds. The van der Waals surface area contributed by atoms with Gasteiger partial charge in [0.15, 0.2) is 0 Å². The van der Waals surface area contributed by atoms with Crippen LogP contribution in [0.2, 0.25) is 0 Å². The van der Waals surface area contributed by atoms with Crippen molar-refractivity contribution in [2.45, 2.75) is 18.9 Å². The van der Waals surface area contributed by atoms with Crippen LogP contribution in [0.1, 0.15) is 22.5 Å². The number of rotatable bonds is 3. The molecule has 3 saturated heterocycles. The quantitative estimate of drug-likeness (QED) is 0.946. The van der Waals surface area contributed by atoms with Gasteiger partial charge in [0.2, 0.25) is 0 Å². The van der Waals surface area contributed by atoms with E-state index >= 15 is 0 Å². The number of aromatic nitrogens is 1. The molecule has 3 aliphatic rings. The molecule has 0 saturated carbocycles. The van der Waals surface area contributed by atoms with Gasteiger partial charge in [-0.25, -0.2) is 4.98 Å². The van der Waals surface area contributed by atoms with Gasteiger partial charge in [-0.15, -0.1) is 22.7 Å². The number of hydrogen-bond donors (Lipinski definition) is 1. The normalized spacial score (nSPS) is 27.7. The van der Waals surface area contributed by atoms with E-state index in [1.165, 1.54) is 37.3 Å². The van der Waals surface area contributed by atoms with Gasteiger partial charge in [0.1, 0.15) is 5.01 Å². The van der Waals surface area contributed by atoms with Crippen LogP contribution in [0.5, 0.6) is 0 Å². The minimum atomic E-state index is 0.0709. The molecule has 5 rings (SSSR count). The van der Waals surface area contributed by atoms with Gasteiger partial charge < -0.3 is 10.2 Å². The number of carbonyl (C=O) groups excluding carboxylic acids is 1. The van der Waals surface area contributed by atoms with Crippen LogP contribution in [0.4, 0.5) is 0 Å². The van der Waals surface area contributed by atoms with Gasteiger partial charge in [-0.2, -0.15) is 0 Å². The number of thiophene rings is 1. The largest absolute Gasteiger partial charge is 0.347 e. The van der Waals surface area contributed by atoms with Crippen molar-refractivity contribution in [3.63, 3.8) is 0 Å². The van der Waals surface area contributed by atoms with E-state index in [0.717, 1.165) is 21.3 Å². The van der Waals surface area contributed by atoms with Crippen LogP contribution < -0.4 is 5.32 Å². The van der Waals surface area contributed by atoms with Gasteiger partial charge in [-0.1, -0.05) is 0 Å². The zero-order valence-corrected chi connectivity index (χ0v) is 13.3. The van der Waals surface area contributed by atoms with E-state index in [4.69, 9.17) is 0 Å². The first-order valence-corrected chi connectivity index (χ1v) is 9.02. The van der Waals surface area contributed by atoms with Crippen LogP contribution in [0.15, 0.2) is 23.7 Å². The van der Waals surface area contributed by atoms with Gasteiger partial charge in [0.25, 0.3) is 5.91 Å². The molecule has 0 spiro atoms. The fourth-order valence-corrected chi connectivity index (χ4v) is 4.91. The molecule has 110 valence electrons. The highest BCUT2D eigenvalue weighted by atomic mass is 32.1. The molecule has 0 aromatic carbocycles. The fourth-order valence-electron chi connectivity index (χ4n) is 3.29. The molecule has 3 aliphatic heterocycles. The van der Waals surface area contributed by atoms with Crippen LogP contribution in [0.3, 0.4) is 0 Å². The number of amides is 1. The van der Waals surface area contributed by atoms with E-state index in [2.05, 4.69) is 15.2 Å². The van der Waals surface area contributed by atoms with Gasteiger partial charge >= 0.3 is 0 Å². The van der Waals surface area contributed by atoms with Crippen molar-refractivity contribution < 1.29 is 4.79 Å². The van der Waals surface area contributed by atoms with Crippen molar-refractivity contribution in [1.29, 1.82) is 0 Å². The highest BCUT2D eigenvalue weighted by Gasteiger charge is 2.35. The molecule has 2 aromatic rings. The molecule has 0 radical (unpaired) electrons. The maximum absolute atomic E-state index is 12.4. The van der Waals surface area contributed by atoms with Gasteiger partial charge in [-0.3, -0.25) is 4.79 Å². The number of fused-ring (bicyclic) bond motifs is 3. The third kappa shape index (κ3) is 2.63. The van der Waals surface area contributed by atoms with Crippen LogP contribution in [-0.4, -0.2) is 41.5 Å². The molecule has 2 aromatic heterocycles. The standard InChI is InChI=1S/C15H17N3OS2/c19-14(17-11-9-18-6-3-10(11)4-7-18)12-1-2-13(21-12)15-16-5-8-20-15/h1-2,5,8,10-11H,3-4,6-7,9H2,(H,17,19). The Bertz CT molecular complexity index is 629. The summed E-state index contributed by atoms with van der Waals surface area (Å²) in [7, 11) is 0. The zero-order chi connectivity index (χ0) is 14.2. The van der Waals surface area contributed by atoms with Crippen LogP contribution in [0.25, 0.3) is 9.88 Å². The fraction of sp³-hybridized carbons (Fsp3) is 0.467. The summed E-state index contributed by atoms with van der Waals surface area (Å²) in [6, 6.07) is 4.23. The summed E-state index contributed by atoms with van der Waals surface area (Å²) in [6.45, 7) is 3.41. The van der Waals surface area contributed by atoms with E-state index in [0.29, 0.717) is 12.0 Å². The molecule has 6 heteroatoms. The SMILES string of the molecule is O=C(NC1CN2CCC1CC2)c1ccc(-c2nccs2)s1. The Balaban J connectivity index is 1.46. The van der Waals surface area contributed by atoms with Crippen LogP contribution in [0, 0.1) is 5.92 Å². The molecule has 1 atom stereocenters. The first kappa shape index (κ1) is 13.4. The molecule has 1 unspecified atom stereocenters. The molecule has 5 heterocycles. The predicted molar refractivity (Wildman–Crippen MR) is 85.8 cm³/mol. The van der Waals surface area contributed by atoms with E-state index < -0.39 is 0 Å². The van der Waals surface area contributed by atoms with E-state index in [9.17, 15) is 4.79 Å². The van der Waals surface area contributed by atoms with Crippen LogP contribution >= 0.6 is 22.7 Å². The molecule has 0 aliphatic carbocycles. The Hall–Kier alpha value is -1.24. The zero-order valence-electron chi connectivity index (χ0n) is 11.6. The Morgan fingerprint density at radius 2 is 2.19 bits per heavy atom. The topological polar surface area (TPSA) is 45.2 Å². The lowest BCUT2D eigenvalue weighted by molar-refractivity contribution is 0.0622. The van der Waals surface area contributed by atoms with Crippen molar-refractivity contribution in [1.82, 2.24) is 15.2 Å². The number of thiazole rings is 1. The number of hydrogen-bond acceptors (Lipinski definition) is 5. The molecule has 3 fully saturated rings. The van der Waals surface area contributed by atoms with E-state index in [1.807, 2.05) is 17.5 Å². The van der Waals surface area contributed by atoms with Crippen molar-refractivity contribution in [3.8, 4) is 9.88 Å². The lowest BCUT2D eigenvalue weighted by atomic mass is 9.84. The van der Waals surface area contributed by atoms with Crippen molar-refractivity contribution >= 4 is 28.6 Å². The Labute approximate surface area is 131 Å². The van der Waals surface area contributed by atoms with Gasteiger partial charge in [-0.05, 0) is 44.0 Å². The first-order valence-electron chi connectivity index (χ1n) is 7.32. The van der Waals surface area contributed by atoms with Crippen molar-refractivity contribution in [2.75, 3.05) is 19.6 Å². The monoisotopic (exact) mass is 319 g/mol. The predicted octanol–water partition coefficient (Wildman–Crippen LogP) is 2.70.